The summed E-state index contributed by atoms with van der Waals surface area (Å²) in [6.07, 6.45) is 1.39. The molecule has 7 nitrogen and oxygen atoms in total. The Morgan fingerprint density at radius 3 is 2.78 bits per heavy atom. The van der Waals surface area contributed by atoms with Crippen LogP contribution in [0.4, 0.5) is 16.2 Å². The van der Waals surface area contributed by atoms with E-state index in [1.165, 1.54) is 4.90 Å². The predicted molar refractivity (Wildman–Crippen MR) is 86.5 cm³/mol. The van der Waals surface area contributed by atoms with Gasteiger partial charge >= 0.3 is 12.0 Å². The van der Waals surface area contributed by atoms with E-state index in [9.17, 15) is 14.4 Å². The second-order valence-corrected chi connectivity index (χ2v) is 5.75. The highest BCUT2D eigenvalue weighted by Crippen LogP contribution is 2.24. The first-order valence-corrected chi connectivity index (χ1v) is 7.54. The van der Waals surface area contributed by atoms with Crippen LogP contribution < -0.4 is 10.2 Å². The number of amides is 3. The Bertz CT molecular complexity index is 617. The van der Waals surface area contributed by atoms with Gasteiger partial charge in [0.25, 0.3) is 0 Å². The summed E-state index contributed by atoms with van der Waals surface area (Å²) in [4.78, 5) is 37.8. The minimum atomic E-state index is -0.945. The molecule has 1 aliphatic heterocycles. The van der Waals surface area contributed by atoms with Gasteiger partial charge in [-0.25, -0.2) is 4.79 Å². The number of rotatable bonds is 5. The van der Waals surface area contributed by atoms with Gasteiger partial charge in [0.2, 0.25) is 5.91 Å². The summed E-state index contributed by atoms with van der Waals surface area (Å²) in [6.45, 7) is 2.35. The van der Waals surface area contributed by atoms with Crippen LogP contribution in [0.25, 0.3) is 0 Å². The highest BCUT2D eigenvalue weighted by atomic mass is 16.4. The molecule has 1 atom stereocenters. The van der Waals surface area contributed by atoms with Crippen LogP contribution in [0.3, 0.4) is 0 Å². The lowest BCUT2D eigenvalue weighted by molar-refractivity contribution is -0.141. The van der Waals surface area contributed by atoms with Gasteiger partial charge in [-0.3, -0.25) is 9.59 Å². The standard InChI is InChI=1S/C16H21N3O4/c1-11(15(21)22)10-18(2)16(23)17-12-5-3-6-13(9-12)19-8-4-7-14(19)20/h3,5-6,9,11H,4,7-8,10H2,1-2H3,(H,17,23)(H,21,22). The zero-order valence-electron chi connectivity index (χ0n) is 13.3. The number of aliphatic carboxylic acids is 1. The quantitative estimate of drug-likeness (QED) is 0.868. The van der Waals surface area contributed by atoms with E-state index in [-0.39, 0.29) is 18.5 Å². The van der Waals surface area contributed by atoms with Crippen molar-refractivity contribution in [2.75, 3.05) is 30.4 Å². The smallest absolute Gasteiger partial charge is 0.321 e. The number of benzene rings is 1. The van der Waals surface area contributed by atoms with E-state index in [1.807, 2.05) is 6.07 Å². The molecule has 2 rings (SSSR count). The molecule has 1 aromatic rings. The van der Waals surface area contributed by atoms with Crippen LogP contribution >= 0.6 is 0 Å². The average molecular weight is 319 g/mol. The van der Waals surface area contributed by atoms with Gasteiger partial charge in [-0.05, 0) is 24.6 Å². The Kier molecular flexibility index (Phi) is 5.20. The van der Waals surface area contributed by atoms with Gasteiger partial charge < -0.3 is 20.2 Å². The number of hydrogen-bond acceptors (Lipinski definition) is 3. The number of urea groups is 1. The Morgan fingerprint density at radius 1 is 1.43 bits per heavy atom. The molecule has 1 heterocycles. The van der Waals surface area contributed by atoms with E-state index in [0.29, 0.717) is 18.7 Å². The number of hydrogen-bond donors (Lipinski definition) is 2. The SMILES string of the molecule is CC(CN(C)C(=O)Nc1cccc(N2CCCC2=O)c1)C(=O)O. The normalized spacial score (nSPS) is 15.4. The molecule has 1 aliphatic rings. The van der Waals surface area contributed by atoms with Gasteiger partial charge in [0, 0.05) is 37.9 Å². The van der Waals surface area contributed by atoms with Gasteiger partial charge in [0.05, 0.1) is 5.92 Å². The van der Waals surface area contributed by atoms with Crippen LogP contribution in [0.5, 0.6) is 0 Å². The number of carboxylic acids is 1. The maximum Gasteiger partial charge on any atom is 0.321 e. The Morgan fingerprint density at radius 2 is 2.17 bits per heavy atom. The summed E-state index contributed by atoms with van der Waals surface area (Å²) < 4.78 is 0. The molecule has 0 radical (unpaired) electrons. The maximum atomic E-state index is 12.1. The fourth-order valence-corrected chi connectivity index (χ4v) is 2.46. The molecule has 7 heteroatoms. The number of nitrogens with zero attached hydrogens (tertiary/aromatic N) is 2. The second kappa shape index (κ2) is 7.13. The van der Waals surface area contributed by atoms with Crippen molar-refractivity contribution in [2.24, 2.45) is 5.92 Å². The lowest BCUT2D eigenvalue weighted by Gasteiger charge is -2.21. The van der Waals surface area contributed by atoms with Crippen LogP contribution in [0.2, 0.25) is 0 Å². The molecule has 0 aliphatic carbocycles. The van der Waals surface area contributed by atoms with Crippen molar-refractivity contribution < 1.29 is 19.5 Å². The maximum absolute atomic E-state index is 12.1. The average Bonchev–Trinajstić information content (AvgIpc) is 2.93. The molecule has 1 unspecified atom stereocenters. The number of nitrogens with one attached hydrogen (secondary N) is 1. The monoisotopic (exact) mass is 319 g/mol. The fraction of sp³-hybridized carbons (Fsp3) is 0.438. The zero-order chi connectivity index (χ0) is 17.0. The number of carboxylic acid groups (broad SMARTS) is 1. The molecule has 124 valence electrons. The Hall–Kier alpha value is -2.57. The molecule has 0 aromatic heterocycles. The van der Waals surface area contributed by atoms with Gasteiger partial charge in [-0.2, -0.15) is 0 Å². The van der Waals surface area contributed by atoms with Crippen LogP contribution in [-0.2, 0) is 9.59 Å². The molecular formula is C16H21N3O4. The first-order valence-electron chi connectivity index (χ1n) is 7.54. The van der Waals surface area contributed by atoms with Crippen molar-refractivity contribution in [1.29, 1.82) is 0 Å². The number of carbonyl (C=O) groups excluding carboxylic acids is 2. The summed E-state index contributed by atoms with van der Waals surface area (Å²) in [5.41, 5.74) is 1.33. The summed E-state index contributed by atoms with van der Waals surface area (Å²) in [7, 11) is 1.54. The first-order chi connectivity index (χ1) is 10.9. The van der Waals surface area contributed by atoms with Crippen molar-refractivity contribution in [3.8, 4) is 0 Å². The van der Waals surface area contributed by atoms with E-state index in [4.69, 9.17) is 5.11 Å². The van der Waals surface area contributed by atoms with Gasteiger partial charge in [0.1, 0.15) is 0 Å². The fourth-order valence-electron chi connectivity index (χ4n) is 2.46. The molecule has 23 heavy (non-hydrogen) atoms. The van der Waals surface area contributed by atoms with Crippen molar-refractivity contribution >= 4 is 29.3 Å². The molecule has 1 fully saturated rings. The van der Waals surface area contributed by atoms with Crippen LogP contribution in [-0.4, -0.2) is 48.1 Å². The predicted octanol–water partition coefficient (Wildman–Crippen LogP) is 2.00. The van der Waals surface area contributed by atoms with Crippen LogP contribution in [0, 0.1) is 5.92 Å². The van der Waals surface area contributed by atoms with Crippen molar-refractivity contribution in [3.05, 3.63) is 24.3 Å². The largest absolute Gasteiger partial charge is 0.481 e. The van der Waals surface area contributed by atoms with Gasteiger partial charge in [0.15, 0.2) is 0 Å². The minimum absolute atomic E-state index is 0.0841. The summed E-state index contributed by atoms with van der Waals surface area (Å²) >= 11 is 0. The Balaban J connectivity index is 2.01. The third kappa shape index (κ3) is 4.21. The molecular weight excluding hydrogens is 298 g/mol. The molecule has 0 bridgehead atoms. The van der Waals surface area contributed by atoms with Crippen molar-refractivity contribution in [1.82, 2.24) is 4.90 Å². The van der Waals surface area contributed by atoms with E-state index in [2.05, 4.69) is 5.32 Å². The molecule has 1 aromatic carbocycles. The van der Waals surface area contributed by atoms with Crippen LogP contribution in [0.1, 0.15) is 19.8 Å². The molecule has 3 amide bonds. The van der Waals surface area contributed by atoms with Gasteiger partial charge in [-0.1, -0.05) is 13.0 Å². The topological polar surface area (TPSA) is 90.0 Å². The highest BCUT2D eigenvalue weighted by Gasteiger charge is 2.22. The second-order valence-electron chi connectivity index (χ2n) is 5.75. The number of anilines is 2. The third-order valence-electron chi connectivity index (χ3n) is 3.80. The lowest BCUT2D eigenvalue weighted by Crippen LogP contribution is -2.36. The summed E-state index contributed by atoms with van der Waals surface area (Å²) in [6, 6.07) is 6.69. The molecule has 0 saturated carbocycles. The van der Waals surface area contributed by atoms with Gasteiger partial charge in [-0.15, -0.1) is 0 Å². The molecule has 1 saturated heterocycles. The van der Waals surface area contributed by atoms with E-state index in [0.717, 1.165) is 12.1 Å². The number of carbonyl (C=O) groups is 3. The summed E-state index contributed by atoms with van der Waals surface area (Å²) in [5.74, 6) is -1.50. The minimum Gasteiger partial charge on any atom is -0.481 e. The summed E-state index contributed by atoms with van der Waals surface area (Å²) in [5, 5.41) is 11.6. The third-order valence-corrected chi connectivity index (χ3v) is 3.80. The van der Waals surface area contributed by atoms with E-state index in [1.54, 1.807) is 37.1 Å². The molecule has 0 spiro atoms. The van der Waals surface area contributed by atoms with Crippen molar-refractivity contribution in [3.63, 3.8) is 0 Å². The Labute approximate surface area is 134 Å². The lowest BCUT2D eigenvalue weighted by atomic mass is 10.2. The highest BCUT2D eigenvalue weighted by molar-refractivity contribution is 5.96. The molecule has 2 N–H and O–H groups in total. The van der Waals surface area contributed by atoms with E-state index >= 15 is 0 Å². The first kappa shape index (κ1) is 16.8. The van der Waals surface area contributed by atoms with Crippen LogP contribution in [0.15, 0.2) is 24.3 Å². The van der Waals surface area contributed by atoms with Crippen molar-refractivity contribution in [2.45, 2.75) is 19.8 Å². The van der Waals surface area contributed by atoms with E-state index < -0.39 is 11.9 Å². The zero-order valence-corrected chi connectivity index (χ0v) is 13.3.